The highest BCUT2D eigenvalue weighted by atomic mass is 16.5. The Morgan fingerprint density at radius 3 is 2.68 bits per heavy atom. The van der Waals surface area contributed by atoms with Crippen LogP contribution in [0.5, 0.6) is 0 Å². The smallest absolute Gasteiger partial charge is 0.320 e. The number of hydrogen-bond acceptors (Lipinski definition) is 4. The summed E-state index contributed by atoms with van der Waals surface area (Å²) >= 11 is 0. The van der Waals surface area contributed by atoms with E-state index in [1.807, 2.05) is 0 Å². The highest BCUT2D eigenvalue weighted by Crippen LogP contribution is 2.22. The van der Waals surface area contributed by atoms with Gasteiger partial charge in [0, 0.05) is 19.6 Å². The fraction of sp³-hybridized carbons (Fsp3) is 0.833. The van der Waals surface area contributed by atoms with Crippen molar-refractivity contribution in [2.24, 2.45) is 0 Å². The van der Waals surface area contributed by atoms with E-state index >= 15 is 0 Å². The van der Waals surface area contributed by atoms with Gasteiger partial charge in [-0.15, -0.1) is 0 Å². The molecule has 2 amide bonds. The highest BCUT2D eigenvalue weighted by Gasteiger charge is 2.37. The minimum absolute atomic E-state index is 0.0957. The number of morpholine rings is 1. The number of hydrogen-bond donors (Lipinski definition) is 2. The lowest BCUT2D eigenvalue weighted by Crippen LogP contribution is -2.51. The first kappa shape index (κ1) is 14.1. The molecule has 0 aliphatic carbocycles. The van der Waals surface area contributed by atoms with E-state index in [1.165, 1.54) is 0 Å². The van der Waals surface area contributed by atoms with Gasteiger partial charge in [0.15, 0.2) is 0 Å². The van der Waals surface area contributed by atoms with Crippen LogP contribution in [-0.4, -0.2) is 76.5 Å². The van der Waals surface area contributed by atoms with Gasteiger partial charge in [0.05, 0.1) is 31.3 Å². The second-order valence-corrected chi connectivity index (χ2v) is 5.49. The summed E-state index contributed by atoms with van der Waals surface area (Å²) in [5.41, 5.74) is -0.817. The van der Waals surface area contributed by atoms with E-state index < -0.39 is 17.7 Å². The first-order valence-electron chi connectivity index (χ1n) is 6.47. The molecule has 2 fully saturated rings. The highest BCUT2D eigenvalue weighted by molar-refractivity contribution is 5.75. The van der Waals surface area contributed by atoms with Crippen LogP contribution < -0.4 is 0 Å². The molecule has 0 saturated carbocycles. The number of urea groups is 1. The molecular weight excluding hydrogens is 252 g/mol. The molecule has 2 rings (SSSR count). The summed E-state index contributed by atoms with van der Waals surface area (Å²) < 4.78 is 5.33. The van der Waals surface area contributed by atoms with Gasteiger partial charge in [-0.1, -0.05) is 0 Å². The number of carboxylic acids is 1. The molecule has 2 aliphatic rings. The standard InChI is InChI=1S/C12H20N2O5/c1-12(18)2-3-14(8-12)11(17)13-4-5-19-9(7-13)6-10(15)16/h9,18H,2-8H2,1H3,(H,15,16). The summed E-state index contributed by atoms with van der Waals surface area (Å²) in [7, 11) is 0. The summed E-state index contributed by atoms with van der Waals surface area (Å²) in [6.07, 6.45) is 0.0293. The number of carboxylic acid groups (broad SMARTS) is 1. The number of amides is 2. The monoisotopic (exact) mass is 272 g/mol. The van der Waals surface area contributed by atoms with Crippen molar-refractivity contribution in [3.63, 3.8) is 0 Å². The summed E-state index contributed by atoms with van der Waals surface area (Å²) in [5, 5.41) is 18.6. The van der Waals surface area contributed by atoms with Crippen LogP contribution in [0.4, 0.5) is 4.79 Å². The van der Waals surface area contributed by atoms with E-state index in [0.717, 1.165) is 0 Å². The predicted molar refractivity (Wildman–Crippen MR) is 65.8 cm³/mol. The Kier molecular flexibility index (Phi) is 3.96. The molecule has 2 heterocycles. The third kappa shape index (κ3) is 3.57. The van der Waals surface area contributed by atoms with Gasteiger partial charge >= 0.3 is 12.0 Å². The second-order valence-electron chi connectivity index (χ2n) is 5.49. The number of aliphatic carboxylic acids is 1. The van der Waals surface area contributed by atoms with Crippen molar-refractivity contribution < 1.29 is 24.5 Å². The lowest BCUT2D eigenvalue weighted by molar-refractivity contribution is -0.141. The molecule has 0 bridgehead atoms. The Morgan fingerprint density at radius 1 is 1.37 bits per heavy atom. The molecule has 2 atom stereocenters. The molecule has 2 unspecified atom stereocenters. The summed E-state index contributed by atoms with van der Waals surface area (Å²) in [6.45, 7) is 3.69. The van der Waals surface area contributed by atoms with Gasteiger partial charge in [0.25, 0.3) is 0 Å². The van der Waals surface area contributed by atoms with Crippen molar-refractivity contribution >= 4 is 12.0 Å². The molecule has 7 nitrogen and oxygen atoms in total. The Balaban J connectivity index is 1.90. The van der Waals surface area contributed by atoms with E-state index in [4.69, 9.17) is 9.84 Å². The van der Waals surface area contributed by atoms with Crippen molar-refractivity contribution in [3.8, 4) is 0 Å². The Bertz CT molecular complexity index is 371. The maximum atomic E-state index is 12.3. The molecule has 108 valence electrons. The van der Waals surface area contributed by atoms with Gasteiger partial charge in [-0.05, 0) is 13.3 Å². The van der Waals surface area contributed by atoms with Crippen LogP contribution >= 0.6 is 0 Å². The third-order valence-corrected chi connectivity index (χ3v) is 3.53. The number of ether oxygens (including phenoxy) is 1. The Morgan fingerprint density at radius 2 is 2.11 bits per heavy atom. The van der Waals surface area contributed by atoms with Gasteiger partial charge in [-0.2, -0.15) is 0 Å². The molecule has 7 heteroatoms. The van der Waals surface area contributed by atoms with Gasteiger partial charge in [-0.25, -0.2) is 4.79 Å². The van der Waals surface area contributed by atoms with Crippen molar-refractivity contribution in [1.82, 2.24) is 9.80 Å². The van der Waals surface area contributed by atoms with E-state index in [0.29, 0.717) is 39.2 Å². The van der Waals surface area contributed by atoms with Gasteiger partial charge in [-0.3, -0.25) is 4.79 Å². The van der Waals surface area contributed by atoms with Crippen molar-refractivity contribution in [1.29, 1.82) is 0 Å². The third-order valence-electron chi connectivity index (χ3n) is 3.53. The fourth-order valence-electron chi connectivity index (χ4n) is 2.52. The number of likely N-dealkylation sites (tertiary alicyclic amines) is 1. The first-order valence-corrected chi connectivity index (χ1v) is 6.47. The molecule has 2 aliphatic heterocycles. The zero-order valence-electron chi connectivity index (χ0n) is 11.0. The summed E-state index contributed by atoms with van der Waals surface area (Å²) in [4.78, 5) is 26.1. The zero-order valence-corrected chi connectivity index (χ0v) is 11.0. The van der Waals surface area contributed by atoms with Crippen LogP contribution in [0.15, 0.2) is 0 Å². The molecule has 0 aromatic carbocycles. The number of carbonyl (C=O) groups is 2. The molecule has 2 N–H and O–H groups in total. The zero-order chi connectivity index (χ0) is 14.0. The topological polar surface area (TPSA) is 90.3 Å². The lowest BCUT2D eigenvalue weighted by Gasteiger charge is -2.35. The molecule has 2 saturated heterocycles. The SMILES string of the molecule is CC1(O)CCN(C(=O)N2CCOC(CC(=O)O)C2)C1. The normalized spacial score (nSPS) is 31.6. The van der Waals surface area contributed by atoms with Crippen molar-refractivity contribution in [2.75, 3.05) is 32.8 Å². The van der Waals surface area contributed by atoms with E-state index in [9.17, 15) is 14.7 Å². The second kappa shape index (κ2) is 5.34. The van der Waals surface area contributed by atoms with Crippen molar-refractivity contribution in [2.45, 2.75) is 31.5 Å². The first-order chi connectivity index (χ1) is 8.87. The Hall–Kier alpha value is -1.34. The van der Waals surface area contributed by atoms with Crippen LogP contribution in [0.3, 0.4) is 0 Å². The maximum Gasteiger partial charge on any atom is 0.320 e. The summed E-state index contributed by atoms with van der Waals surface area (Å²) in [5.74, 6) is -0.927. The van der Waals surface area contributed by atoms with Gasteiger partial charge in [0.2, 0.25) is 0 Å². The molecule has 0 spiro atoms. The van der Waals surface area contributed by atoms with Crippen LogP contribution in [0.2, 0.25) is 0 Å². The number of rotatable bonds is 2. The molecular formula is C12H20N2O5. The Labute approximate surface area is 111 Å². The number of carbonyl (C=O) groups excluding carboxylic acids is 1. The molecule has 0 radical (unpaired) electrons. The van der Waals surface area contributed by atoms with Crippen LogP contribution in [0, 0.1) is 0 Å². The quantitative estimate of drug-likeness (QED) is 0.722. The van der Waals surface area contributed by atoms with Crippen molar-refractivity contribution in [3.05, 3.63) is 0 Å². The average molecular weight is 272 g/mol. The largest absolute Gasteiger partial charge is 0.481 e. The molecule has 19 heavy (non-hydrogen) atoms. The minimum Gasteiger partial charge on any atom is -0.481 e. The van der Waals surface area contributed by atoms with Crippen LogP contribution in [0.25, 0.3) is 0 Å². The predicted octanol–water partition coefficient (Wildman–Crippen LogP) is -0.261. The summed E-state index contributed by atoms with van der Waals surface area (Å²) in [6, 6.07) is -0.142. The fourth-order valence-corrected chi connectivity index (χ4v) is 2.52. The minimum atomic E-state index is -0.927. The van der Waals surface area contributed by atoms with E-state index in [-0.39, 0.29) is 12.5 Å². The maximum absolute atomic E-state index is 12.3. The molecule has 0 aromatic rings. The lowest BCUT2D eigenvalue weighted by atomic mass is 10.1. The van der Waals surface area contributed by atoms with Gasteiger partial charge in [0.1, 0.15) is 0 Å². The number of aliphatic hydroxyl groups is 1. The van der Waals surface area contributed by atoms with Gasteiger partial charge < -0.3 is 24.7 Å². The van der Waals surface area contributed by atoms with E-state index in [2.05, 4.69) is 0 Å². The number of β-amino-alcohol motifs (C(OH)–C–C–N with tert-alkyl or cyclic N) is 1. The van der Waals surface area contributed by atoms with Crippen LogP contribution in [-0.2, 0) is 9.53 Å². The number of nitrogens with zero attached hydrogens (tertiary/aromatic N) is 2. The van der Waals surface area contributed by atoms with E-state index in [1.54, 1.807) is 16.7 Å². The molecule has 0 aromatic heterocycles. The van der Waals surface area contributed by atoms with Crippen LogP contribution in [0.1, 0.15) is 19.8 Å². The average Bonchev–Trinajstić information content (AvgIpc) is 2.68.